The standard InChI is InChI=1S/C16H18ClN3O/c1-11-3-5-12(6-4-11)10-20(2)13-7-8-14(15(17)9-13)16(18)19-21/h3-9,21H,10H2,1-2H3,(H2,18,19). The Morgan fingerprint density at radius 1 is 1.24 bits per heavy atom. The highest BCUT2D eigenvalue weighted by molar-refractivity contribution is 6.34. The minimum Gasteiger partial charge on any atom is -0.409 e. The molecule has 0 heterocycles. The number of nitrogens with zero attached hydrogens (tertiary/aromatic N) is 2. The van der Waals surface area contributed by atoms with Crippen molar-refractivity contribution in [2.75, 3.05) is 11.9 Å². The SMILES string of the molecule is Cc1ccc(CN(C)c2ccc(C(N)=NO)c(Cl)c2)cc1. The molecule has 0 bridgehead atoms. The van der Waals surface area contributed by atoms with Gasteiger partial charge in [0.2, 0.25) is 0 Å². The van der Waals surface area contributed by atoms with Crippen LogP contribution in [0.2, 0.25) is 5.02 Å². The number of rotatable bonds is 4. The molecular formula is C16H18ClN3O. The van der Waals surface area contributed by atoms with Gasteiger partial charge in [0.1, 0.15) is 0 Å². The molecule has 5 heteroatoms. The molecule has 3 N–H and O–H groups in total. The molecule has 0 aliphatic carbocycles. The third-order valence-electron chi connectivity index (χ3n) is 3.32. The topological polar surface area (TPSA) is 61.8 Å². The van der Waals surface area contributed by atoms with Gasteiger partial charge >= 0.3 is 0 Å². The van der Waals surface area contributed by atoms with E-state index >= 15 is 0 Å². The summed E-state index contributed by atoms with van der Waals surface area (Å²) in [5, 5.41) is 12.1. The lowest BCUT2D eigenvalue weighted by molar-refractivity contribution is 0.318. The molecule has 0 spiro atoms. The average Bonchev–Trinajstić information content (AvgIpc) is 2.48. The number of benzene rings is 2. The molecule has 0 aliphatic rings. The van der Waals surface area contributed by atoms with Gasteiger partial charge in [0, 0.05) is 24.8 Å². The summed E-state index contributed by atoms with van der Waals surface area (Å²) in [7, 11) is 1.99. The van der Waals surface area contributed by atoms with E-state index in [-0.39, 0.29) is 5.84 Å². The second-order valence-electron chi connectivity index (χ2n) is 4.99. The number of aryl methyl sites for hydroxylation is 1. The molecular weight excluding hydrogens is 286 g/mol. The van der Waals surface area contributed by atoms with Crippen LogP contribution in [-0.4, -0.2) is 18.1 Å². The van der Waals surface area contributed by atoms with Crippen LogP contribution in [0.1, 0.15) is 16.7 Å². The van der Waals surface area contributed by atoms with Crippen molar-refractivity contribution >= 4 is 23.1 Å². The van der Waals surface area contributed by atoms with Crippen molar-refractivity contribution in [1.82, 2.24) is 0 Å². The Balaban J connectivity index is 2.18. The van der Waals surface area contributed by atoms with Gasteiger partial charge in [0.15, 0.2) is 5.84 Å². The number of anilines is 1. The molecule has 2 aromatic carbocycles. The second kappa shape index (κ2) is 6.50. The summed E-state index contributed by atoms with van der Waals surface area (Å²) < 4.78 is 0. The molecule has 2 aromatic rings. The van der Waals surface area contributed by atoms with Gasteiger partial charge in [-0.25, -0.2) is 0 Å². The van der Waals surface area contributed by atoms with Crippen molar-refractivity contribution < 1.29 is 5.21 Å². The minimum absolute atomic E-state index is 0.00716. The Morgan fingerprint density at radius 3 is 2.48 bits per heavy atom. The third kappa shape index (κ3) is 3.67. The maximum absolute atomic E-state index is 8.70. The summed E-state index contributed by atoms with van der Waals surface area (Å²) in [4.78, 5) is 2.09. The minimum atomic E-state index is 0.00716. The summed E-state index contributed by atoms with van der Waals surface area (Å²) in [6, 6.07) is 13.9. The van der Waals surface area contributed by atoms with Gasteiger partial charge in [-0.05, 0) is 30.7 Å². The lowest BCUT2D eigenvalue weighted by Gasteiger charge is -2.20. The maximum Gasteiger partial charge on any atom is 0.171 e. The van der Waals surface area contributed by atoms with E-state index < -0.39 is 0 Å². The van der Waals surface area contributed by atoms with E-state index in [1.165, 1.54) is 11.1 Å². The fourth-order valence-corrected chi connectivity index (χ4v) is 2.33. The first-order chi connectivity index (χ1) is 10.0. The van der Waals surface area contributed by atoms with Crippen LogP contribution in [0.3, 0.4) is 0 Å². The molecule has 0 unspecified atom stereocenters. The van der Waals surface area contributed by atoms with Crippen LogP contribution in [0, 0.1) is 6.92 Å². The number of hydrogen-bond acceptors (Lipinski definition) is 3. The molecule has 0 radical (unpaired) electrons. The molecule has 4 nitrogen and oxygen atoms in total. The highest BCUT2D eigenvalue weighted by Gasteiger charge is 2.09. The zero-order valence-electron chi connectivity index (χ0n) is 12.0. The van der Waals surface area contributed by atoms with E-state index in [0.717, 1.165) is 12.2 Å². The zero-order chi connectivity index (χ0) is 15.4. The van der Waals surface area contributed by atoms with Gasteiger partial charge in [-0.1, -0.05) is 46.6 Å². The fraction of sp³-hybridized carbons (Fsp3) is 0.188. The highest BCUT2D eigenvalue weighted by Crippen LogP contribution is 2.24. The first-order valence-electron chi connectivity index (χ1n) is 6.55. The molecule has 0 atom stereocenters. The molecule has 21 heavy (non-hydrogen) atoms. The van der Waals surface area contributed by atoms with Crippen LogP contribution in [0.5, 0.6) is 0 Å². The molecule has 0 aliphatic heterocycles. The van der Waals surface area contributed by atoms with Gasteiger partial charge in [-0.2, -0.15) is 0 Å². The first-order valence-corrected chi connectivity index (χ1v) is 6.93. The van der Waals surface area contributed by atoms with E-state index in [2.05, 4.69) is 41.2 Å². The van der Waals surface area contributed by atoms with Crippen molar-refractivity contribution in [3.63, 3.8) is 0 Å². The van der Waals surface area contributed by atoms with Crippen molar-refractivity contribution in [2.45, 2.75) is 13.5 Å². The molecule has 0 saturated heterocycles. The quantitative estimate of drug-likeness (QED) is 0.394. The van der Waals surface area contributed by atoms with Gasteiger partial charge in [-0.15, -0.1) is 0 Å². The first kappa shape index (κ1) is 15.2. The van der Waals surface area contributed by atoms with Crippen molar-refractivity contribution in [1.29, 1.82) is 0 Å². The average molecular weight is 304 g/mol. The van der Waals surface area contributed by atoms with Crippen LogP contribution in [0.25, 0.3) is 0 Å². The van der Waals surface area contributed by atoms with E-state index in [9.17, 15) is 0 Å². The summed E-state index contributed by atoms with van der Waals surface area (Å²) in [6.45, 7) is 2.85. The molecule has 0 aromatic heterocycles. The lowest BCUT2D eigenvalue weighted by Crippen LogP contribution is -2.18. The predicted octanol–water partition coefficient (Wildman–Crippen LogP) is 3.38. The van der Waals surface area contributed by atoms with E-state index in [1.807, 2.05) is 19.2 Å². The summed E-state index contributed by atoms with van der Waals surface area (Å²) in [6.07, 6.45) is 0. The van der Waals surface area contributed by atoms with Crippen LogP contribution in [-0.2, 0) is 6.54 Å². The van der Waals surface area contributed by atoms with E-state index in [4.69, 9.17) is 22.5 Å². The number of oxime groups is 1. The predicted molar refractivity (Wildman–Crippen MR) is 87.2 cm³/mol. The summed E-state index contributed by atoms with van der Waals surface area (Å²) in [5.41, 5.74) is 9.51. The Hall–Kier alpha value is -2.20. The van der Waals surface area contributed by atoms with Crippen LogP contribution in [0.15, 0.2) is 47.6 Å². The molecule has 0 fully saturated rings. The molecule has 110 valence electrons. The van der Waals surface area contributed by atoms with Crippen LogP contribution < -0.4 is 10.6 Å². The fourth-order valence-electron chi connectivity index (χ4n) is 2.06. The van der Waals surface area contributed by atoms with Gasteiger partial charge in [0.25, 0.3) is 0 Å². The van der Waals surface area contributed by atoms with Crippen molar-refractivity contribution in [2.24, 2.45) is 10.9 Å². The van der Waals surface area contributed by atoms with Gasteiger partial charge in [-0.3, -0.25) is 0 Å². The monoisotopic (exact) mass is 303 g/mol. The Labute approximate surface area is 129 Å². The maximum atomic E-state index is 8.70. The smallest absolute Gasteiger partial charge is 0.171 e. The van der Waals surface area contributed by atoms with E-state index in [1.54, 1.807) is 6.07 Å². The second-order valence-corrected chi connectivity index (χ2v) is 5.40. The zero-order valence-corrected chi connectivity index (χ0v) is 12.8. The van der Waals surface area contributed by atoms with Crippen LogP contribution in [0.4, 0.5) is 5.69 Å². The van der Waals surface area contributed by atoms with Gasteiger partial charge in [0.05, 0.1) is 5.02 Å². The molecule has 0 amide bonds. The normalized spacial score (nSPS) is 11.5. The third-order valence-corrected chi connectivity index (χ3v) is 3.63. The van der Waals surface area contributed by atoms with Crippen molar-refractivity contribution in [3.05, 3.63) is 64.2 Å². The lowest BCUT2D eigenvalue weighted by atomic mass is 10.1. The Kier molecular flexibility index (Phi) is 4.70. The number of nitrogens with two attached hydrogens (primary N) is 1. The number of hydrogen-bond donors (Lipinski definition) is 2. The highest BCUT2D eigenvalue weighted by atomic mass is 35.5. The van der Waals surface area contributed by atoms with Crippen molar-refractivity contribution in [3.8, 4) is 0 Å². The van der Waals surface area contributed by atoms with E-state index in [0.29, 0.717) is 10.6 Å². The Morgan fingerprint density at radius 2 is 1.90 bits per heavy atom. The Bertz CT molecular complexity index is 653. The van der Waals surface area contributed by atoms with Crippen LogP contribution >= 0.6 is 11.6 Å². The largest absolute Gasteiger partial charge is 0.409 e. The number of halogens is 1. The molecule has 2 rings (SSSR count). The molecule has 0 saturated carbocycles. The summed E-state index contributed by atoms with van der Waals surface area (Å²) >= 11 is 6.17. The summed E-state index contributed by atoms with van der Waals surface area (Å²) in [5.74, 6) is 0.00716. The van der Waals surface area contributed by atoms with Gasteiger partial charge < -0.3 is 15.8 Å². The number of amidine groups is 1.